The lowest BCUT2D eigenvalue weighted by molar-refractivity contribution is 0.624. The standard InChI is InChI=1S/C9H16N2S/c1-4-7(5-2)8-6-10-9(11-8)12-3/h6-7H,4-5H2,1-3H3,(H,10,11). The summed E-state index contributed by atoms with van der Waals surface area (Å²) in [6.07, 6.45) is 6.37. The molecule has 1 N–H and O–H groups in total. The molecule has 0 saturated carbocycles. The minimum atomic E-state index is 0.651. The van der Waals surface area contributed by atoms with Gasteiger partial charge in [0.15, 0.2) is 5.16 Å². The fourth-order valence-corrected chi connectivity index (χ4v) is 1.73. The van der Waals surface area contributed by atoms with Gasteiger partial charge in [0.05, 0.1) is 0 Å². The zero-order valence-corrected chi connectivity index (χ0v) is 8.74. The lowest BCUT2D eigenvalue weighted by atomic mass is 10.0. The number of aromatic amines is 1. The van der Waals surface area contributed by atoms with E-state index in [1.54, 1.807) is 11.8 Å². The van der Waals surface area contributed by atoms with Crippen LogP contribution in [0.1, 0.15) is 38.3 Å². The molecule has 0 amide bonds. The number of nitrogens with one attached hydrogen (secondary N) is 1. The van der Waals surface area contributed by atoms with Crippen molar-refractivity contribution in [3.8, 4) is 0 Å². The van der Waals surface area contributed by atoms with E-state index in [4.69, 9.17) is 0 Å². The molecule has 0 unspecified atom stereocenters. The van der Waals surface area contributed by atoms with Gasteiger partial charge in [-0.1, -0.05) is 25.6 Å². The first kappa shape index (κ1) is 9.65. The largest absolute Gasteiger partial charge is 0.337 e. The molecule has 3 heteroatoms. The first-order valence-electron chi connectivity index (χ1n) is 4.40. The van der Waals surface area contributed by atoms with Gasteiger partial charge in [0.2, 0.25) is 0 Å². The van der Waals surface area contributed by atoms with Gasteiger partial charge in [0.1, 0.15) is 0 Å². The molecule has 0 aromatic carbocycles. The van der Waals surface area contributed by atoms with Crippen LogP contribution in [0.25, 0.3) is 0 Å². The summed E-state index contributed by atoms with van der Waals surface area (Å²) in [5.41, 5.74) is 1.28. The Bertz CT molecular complexity index is 228. The third-order valence-corrected chi connectivity index (χ3v) is 2.79. The normalized spacial score (nSPS) is 11.0. The Kier molecular flexibility index (Phi) is 3.66. The highest BCUT2D eigenvalue weighted by molar-refractivity contribution is 7.98. The molecule has 0 saturated heterocycles. The van der Waals surface area contributed by atoms with E-state index in [2.05, 4.69) is 23.8 Å². The SMILES string of the molecule is CCC(CC)c1cnc(SC)[nH]1. The number of hydrogen-bond acceptors (Lipinski definition) is 2. The predicted molar refractivity (Wildman–Crippen MR) is 53.7 cm³/mol. The third-order valence-electron chi connectivity index (χ3n) is 2.19. The quantitative estimate of drug-likeness (QED) is 0.729. The number of H-pyrrole nitrogens is 1. The second-order valence-electron chi connectivity index (χ2n) is 2.86. The van der Waals surface area contributed by atoms with Crippen molar-refractivity contribution in [3.05, 3.63) is 11.9 Å². The van der Waals surface area contributed by atoms with Crippen molar-refractivity contribution in [1.29, 1.82) is 0 Å². The molecule has 0 aliphatic carbocycles. The molecule has 0 radical (unpaired) electrons. The second kappa shape index (κ2) is 4.55. The minimum Gasteiger partial charge on any atom is -0.337 e. The molecule has 1 aromatic rings. The predicted octanol–water partition coefficient (Wildman–Crippen LogP) is 3.04. The Morgan fingerprint density at radius 1 is 1.50 bits per heavy atom. The summed E-state index contributed by atoms with van der Waals surface area (Å²) in [6.45, 7) is 4.43. The van der Waals surface area contributed by atoms with E-state index in [-0.39, 0.29) is 0 Å². The van der Waals surface area contributed by atoms with Crippen LogP contribution < -0.4 is 0 Å². The smallest absolute Gasteiger partial charge is 0.165 e. The van der Waals surface area contributed by atoms with Gasteiger partial charge in [0.25, 0.3) is 0 Å². The van der Waals surface area contributed by atoms with E-state index >= 15 is 0 Å². The van der Waals surface area contributed by atoms with Crippen LogP contribution in [0.3, 0.4) is 0 Å². The number of aromatic nitrogens is 2. The summed E-state index contributed by atoms with van der Waals surface area (Å²) >= 11 is 1.66. The van der Waals surface area contributed by atoms with Crippen molar-refractivity contribution in [2.75, 3.05) is 6.26 Å². The number of nitrogens with zero attached hydrogens (tertiary/aromatic N) is 1. The number of hydrogen-bond donors (Lipinski definition) is 1. The Balaban J connectivity index is 2.72. The highest BCUT2D eigenvalue weighted by atomic mass is 32.2. The second-order valence-corrected chi connectivity index (χ2v) is 3.66. The van der Waals surface area contributed by atoms with Gasteiger partial charge in [-0.25, -0.2) is 4.98 Å². The van der Waals surface area contributed by atoms with Gasteiger partial charge in [0, 0.05) is 17.8 Å². The molecule has 0 atom stereocenters. The molecule has 0 fully saturated rings. The molecule has 2 nitrogen and oxygen atoms in total. The van der Waals surface area contributed by atoms with Crippen molar-refractivity contribution in [1.82, 2.24) is 9.97 Å². The molecule has 0 bridgehead atoms. The maximum absolute atomic E-state index is 4.26. The van der Waals surface area contributed by atoms with Crippen LogP contribution in [0.5, 0.6) is 0 Å². The lowest BCUT2D eigenvalue weighted by Gasteiger charge is -2.08. The molecular weight excluding hydrogens is 168 g/mol. The maximum atomic E-state index is 4.26. The van der Waals surface area contributed by atoms with Crippen molar-refractivity contribution < 1.29 is 0 Å². The molecule has 1 rings (SSSR count). The van der Waals surface area contributed by atoms with E-state index in [9.17, 15) is 0 Å². The number of rotatable bonds is 4. The Morgan fingerprint density at radius 3 is 2.58 bits per heavy atom. The molecule has 0 aliphatic rings. The van der Waals surface area contributed by atoms with E-state index in [0.717, 1.165) is 5.16 Å². The monoisotopic (exact) mass is 184 g/mol. The van der Waals surface area contributed by atoms with E-state index < -0.39 is 0 Å². The number of thioether (sulfide) groups is 1. The molecule has 12 heavy (non-hydrogen) atoms. The summed E-state index contributed by atoms with van der Waals surface area (Å²) in [4.78, 5) is 7.58. The number of imidazole rings is 1. The van der Waals surface area contributed by atoms with Crippen LogP contribution in [0.2, 0.25) is 0 Å². The van der Waals surface area contributed by atoms with Crippen LogP contribution in [-0.2, 0) is 0 Å². The van der Waals surface area contributed by atoms with Crippen molar-refractivity contribution >= 4 is 11.8 Å². The average Bonchev–Trinajstić information content (AvgIpc) is 2.55. The molecule has 0 spiro atoms. The fraction of sp³-hybridized carbons (Fsp3) is 0.667. The summed E-state index contributed by atoms with van der Waals surface area (Å²) in [7, 11) is 0. The summed E-state index contributed by atoms with van der Waals surface area (Å²) in [5.74, 6) is 0.651. The fourth-order valence-electron chi connectivity index (χ4n) is 1.36. The van der Waals surface area contributed by atoms with Crippen LogP contribution in [0, 0.1) is 0 Å². The van der Waals surface area contributed by atoms with Gasteiger partial charge < -0.3 is 4.98 Å². The van der Waals surface area contributed by atoms with E-state index in [1.165, 1.54) is 18.5 Å². The maximum Gasteiger partial charge on any atom is 0.165 e. The molecule has 68 valence electrons. The summed E-state index contributed by atoms with van der Waals surface area (Å²) in [5, 5.41) is 1.02. The van der Waals surface area contributed by atoms with Crippen molar-refractivity contribution in [2.24, 2.45) is 0 Å². The van der Waals surface area contributed by atoms with Gasteiger partial charge in [-0.15, -0.1) is 0 Å². The van der Waals surface area contributed by atoms with E-state index in [0.29, 0.717) is 5.92 Å². The lowest BCUT2D eigenvalue weighted by Crippen LogP contribution is -1.94. The first-order chi connectivity index (χ1) is 5.81. The van der Waals surface area contributed by atoms with Gasteiger partial charge in [-0.05, 0) is 19.1 Å². The third kappa shape index (κ3) is 2.03. The van der Waals surface area contributed by atoms with Crippen molar-refractivity contribution in [3.63, 3.8) is 0 Å². The molecular formula is C9H16N2S. The zero-order chi connectivity index (χ0) is 8.97. The molecule has 0 aliphatic heterocycles. The van der Waals surface area contributed by atoms with Gasteiger partial charge >= 0.3 is 0 Å². The average molecular weight is 184 g/mol. The van der Waals surface area contributed by atoms with Crippen LogP contribution in [0.4, 0.5) is 0 Å². The Hall–Kier alpha value is -0.440. The first-order valence-corrected chi connectivity index (χ1v) is 5.63. The molecule has 1 heterocycles. The van der Waals surface area contributed by atoms with Crippen LogP contribution >= 0.6 is 11.8 Å². The van der Waals surface area contributed by atoms with Crippen LogP contribution in [-0.4, -0.2) is 16.2 Å². The highest BCUT2D eigenvalue weighted by Crippen LogP contribution is 2.22. The Morgan fingerprint density at radius 2 is 2.17 bits per heavy atom. The van der Waals surface area contributed by atoms with Gasteiger partial charge in [-0.2, -0.15) is 0 Å². The Labute approximate surface area is 78.2 Å². The summed E-state index contributed by atoms with van der Waals surface area (Å²) < 4.78 is 0. The summed E-state index contributed by atoms with van der Waals surface area (Å²) in [6, 6.07) is 0. The highest BCUT2D eigenvalue weighted by Gasteiger charge is 2.09. The topological polar surface area (TPSA) is 28.7 Å². The minimum absolute atomic E-state index is 0.651. The van der Waals surface area contributed by atoms with Gasteiger partial charge in [-0.3, -0.25) is 0 Å². The molecule has 1 aromatic heterocycles. The van der Waals surface area contributed by atoms with Crippen LogP contribution in [0.15, 0.2) is 11.4 Å². The van der Waals surface area contributed by atoms with Crippen molar-refractivity contribution in [2.45, 2.75) is 37.8 Å². The zero-order valence-electron chi connectivity index (χ0n) is 7.92. The van der Waals surface area contributed by atoms with E-state index in [1.807, 2.05) is 12.5 Å².